The third kappa shape index (κ3) is 3.06. The minimum atomic E-state index is -0.476. The van der Waals surface area contributed by atoms with Crippen molar-refractivity contribution in [1.82, 2.24) is 10.2 Å². The highest BCUT2D eigenvalue weighted by Gasteiger charge is 2.66. The third-order valence-electron chi connectivity index (χ3n) is 5.92. The first-order valence-corrected chi connectivity index (χ1v) is 9.22. The molecular formula is C20H28N2O3. The lowest BCUT2D eigenvalue weighted by atomic mass is 9.80. The van der Waals surface area contributed by atoms with Gasteiger partial charge in [-0.05, 0) is 37.8 Å². The van der Waals surface area contributed by atoms with Crippen molar-refractivity contribution in [3.8, 4) is 0 Å². The summed E-state index contributed by atoms with van der Waals surface area (Å²) in [5.41, 5.74) is -0.169. The van der Waals surface area contributed by atoms with Gasteiger partial charge >= 0.3 is 0 Å². The molecule has 1 saturated heterocycles. The van der Waals surface area contributed by atoms with Crippen molar-refractivity contribution in [2.45, 2.75) is 50.7 Å². The molecule has 136 valence electrons. The van der Waals surface area contributed by atoms with E-state index in [4.69, 9.17) is 4.74 Å². The molecule has 0 aromatic heterocycles. The van der Waals surface area contributed by atoms with E-state index in [0.717, 1.165) is 25.7 Å². The lowest BCUT2D eigenvalue weighted by molar-refractivity contribution is -0.152. The second-order valence-corrected chi connectivity index (χ2v) is 7.31. The first kappa shape index (κ1) is 17.9. The Balaban J connectivity index is 1.75. The molecular weight excluding hydrogens is 316 g/mol. The Labute approximate surface area is 149 Å². The summed E-state index contributed by atoms with van der Waals surface area (Å²) in [6, 6.07) is 9.22. The number of benzene rings is 1. The SMILES string of the molecule is CCC(CC)C(=O)N1CC(NC(=O)c2ccccc2)(C2(OC)CC2)C1. The van der Waals surface area contributed by atoms with E-state index in [0.29, 0.717) is 18.7 Å². The van der Waals surface area contributed by atoms with Crippen LogP contribution in [-0.4, -0.2) is 48.1 Å². The Morgan fingerprint density at radius 3 is 2.24 bits per heavy atom. The van der Waals surface area contributed by atoms with E-state index in [1.54, 1.807) is 19.2 Å². The summed E-state index contributed by atoms with van der Waals surface area (Å²) in [4.78, 5) is 27.2. The number of carbonyl (C=O) groups is 2. The predicted molar refractivity (Wildman–Crippen MR) is 96.3 cm³/mol. The molecule has 0 radical (unpaired) electrons. The normalized spacial score (nSPS) is 20.1. The van der Waals surface area contributed by atoms with Crippen LogP contribution in [0.2, 0.25) is 0 Å². The van der Waals surface area contributed by atoms with Gasteiger partial charge in [0.25, 0.3) is 5.91 Å². The monoisotopic (exact) mass is 344 g/mol. The van der Waals surface area contributed by atoms with E-state index < -0.39 is 5.54 Å². The fourth-order valence-corrected chi connectivity index (χ4v) is 4.01. The molecule has 25 heavy (non-hydrogen) atoms. The molecule has 3 rings (SSSR count). The Bertz CT molecular complexity index is 630. The van der Waals surface area contributed by atoms with Gasteiger partial charge in [0.2, 0.25) is 5.91 Å². The summed E-state index contributed by atoms with van der Waals surface area (Å²) in [7, 11) is 1.70. The number of likely N-dealkylation sites (tertiary alicyclic amines) is 1. The van der Waals surface area contributed by atoms with Crippen molar-refractivity contribution in [2.75, 3.05) is 20.2 Å². The largest absolute Gasteiger partial charge is 0.376 e. The number of ether oxygens (including phenoxy) is 1. The van der Waals surface area contributed by atoms with Crippen LogP contribution in [0.4, 0.5) is 0 Å². The van der Waals surface area contributed by atoms with Gasteiger partial charge in [-0.2, -0.15) is 0 Å². The molecule has 5 nitrogen and oxygen atoms in total. The molecule has 2 amide bonds. The topological polar surface area (TPSA) is 58.6 Å². The fourth-order valence-electron chi connectivity index (χ4n) is 4.01. The first-order valence-electron chi connectivity index (χ1n) is 9.22. The number of rotatable bonds is 7. The molecule has 1 aliphatic carbocycles. The standard InChI is InChI=1S/C20H28N2O3/c1-4-15(5-2)18(24)22-13-19(14-22,20(25-3)11-12-20)21-17(23)16-9-7-6-8-10-16/h6-10,15H,4-5,11-14H2,1-3H3,(H,21,23). The van der Waals surface area contributed by atoms with Gasteiger partial charge in [-0.25, -0.2) is 0 Å². The highest BCUT2D eigenvalue weighted by atomic mass is 16.5. The number of hydrogen-bond acceptors (Lipinski definition) is 3. The van der Waals surface area contributed by atoms with Crippen LogP contribution in [0.15, 0.2) is 30.3 Å². The average molecular weight is 344 g/mol. The summed E-state index contributed by atoms with van der Waals surface area (Å²) in [6.45, 7) is 5.17. The van der Waals surface area contributed by atoms with E-state index in [2.05, 4.69) is 5.32 Å². The van der Waals surface area contributed by atoms with Crippen LogP contribution in [0, 0.1) is 5.92 Å². The van der Waals surface area contributed by atoms with Gasteiger partial charge < -0.3 is 15.0 Å². The number of carbonyl (C=O) groups excluding carboxylic acids is 2. The van der Waals surface area contributed by atoms with Crippen LogP contribution in [0.25, 0.3) is 0 Å². The summed E-state index contributed by atoms with van der Waals surface area (Å²) in [5.74, 6) is 0.167. The highest BCUT2D eigenvalue weighted by molar-refractivity contribution is 5.95. The number of amides is 2. The molecule has 0 atom stereocenters. The maximum absolute atomic E-state index is 12.7. The predicted octanol–water partition coefficient (Wildman–Crippen LogP) is 2.61. The molecule has 0 spiro atoms. The van der Waals surface area contributed by atoms with E-state index in [1.807, 2.05) is 36.9 Å². The molecule has 1 saturated carbocycles. The summed E-state index contributed by atoms with van der Waals surface area (Å²) < 4.78 is 5.78. The fraction of sp³-hybridized carbons (Fsp3) is 0.600. The maximum atomic E-state index is 12.7. The minimum absolute atomic E-state index is 0.0699. The number of methoxy groups -OCH3 is 1. The summed E-state index contributed by atoms with van der Waals surface area (Å²) in [6.07, 6.45) is 3.55. The van der Waals surface area contributed by atoms with E-state index in [1.165, 1.54) is 0 Å². The van der Waals surface area contributed by atoms with Crippen LogP contribution in [0.5, 0.6) is 0 Å². The number of hydrogen-bond donors (Lipinski definition) is 1. The van der Waals surface area contributed by atoms with Crippen LogP contribution >= 0.6 is 0 Å². The van der Waals surface area contributed by atoms with Gasteiger partial charge in [0.05, 0.1) is 5.60 Å². The lowest BCUT2D eigenvalue weighted by Gasteiger charge is -2.55. The number of nitrogens with one attached hydrogen (secondary N) is 1. The average Bonchev–Trinajstić information content (AvgIpc) is 3.40. The zero-order valence-electron chi connectivity index (χ0n) is 15.4. The molecule has 1 N–H and O–H groups in total. The summed E-state index contributed by atoms with van der Waals surface area (Å²) in [5, 5.41) is 3.20. The quantitative estimate of drug-likeness (QED) is 0.827. The molecule has 0 unspecified atom stereocenters. The third-order valence-corrected chi connectivity index (χ3v) is 5.92. The molecule has 1 heterocycles. The van der Waals surface area contributed by atoms with Gasteiger partial charge in [-0.15, -0.1) is 0 Å². The summed E-state index contributed by atoms with van der Waals surface area (Å²) >= 11 is 0. The Hall–Kier alpha value is -1.88. The van der Waals surface area contributed by atoms with Crippen molar-refractivity contribution in [2.24, 2.45) is 5.92 Å². The van der Waals surface area contributed by atoms with Gasteiger partial charge in [0.1, 0.15) is 5.54 Å². The zero-order chi connectivity index (χ0) is 18.1. The second kappa shape index (κ2) is 6.79. The van der Waals surface area contributed by atoms with E-state index >= 15 is 0 Å². The lowest BCUT2D eigenvalue weighted by Crippen LogP contribution is -2.78. The molecule has 2 aliphatic rings. The van der Waals surface area contributed by atoms with Crippen LogP contribution in [0.1, 0.15) is 49.9 Å². The Morgan fingerprint density at radius 2 is 1.76 bits per heavy atom. The molecule has 1 aromatic rings. The number of nitrogens with zero attached hydrogens (tertiary/aromatic N) is 1. The second-order valence-electron chi connectivity index (χ2n) is 7.31. The van der Waals surface area contributed by atoms with Crippen LogP contribution < -0.4 is 5.32 Å². The van der Waals surface area contributed by atoms with Gasteiger partial charge in [-0.3, -0.25) is 9.59 Å². The van der Waals surface area contributed by atoms with Crippen molar-refractivity contribution in [3.05, 3.63) is 35.9 Å². The van der Waals surface area contributed by atoms with E-state index in [-0.39, 0.29) is 23.3 Å². The van der Waals surface area contributed by atoms with Crippen molar-refractivity contribution in [1.29, 1.82) is 0 Å². The van der Waals surface area contributed by atoms with Crippen LogP contribution in [-0.2, 0) is 9.53 Å². The van der Waals surface area contributed by atoms with Crippen LogP contribution in [0.3, 0.4) is 0 Å². The highest BCUT2D eigenvalue weighted by Crippen LogP contribution is 2.52. The smallest absolute Gasteiger partial charge is 0.251 e. The first-order chi connectivity index (χ1) is 12.0. The van der Waals surface area contributed by atoms with Gasteiger partial charge in [-0.1, -0.05) is 32.0 Å². The molecule has 1 aliphatic heterocycles. The van der Waals surface area contributed by atoms with E-state index in [9.17, 15) is 9.59 Å². The van der Waals surface area contributed by atoms with Crippen molar-refractivity contribution in [3.63, 3.8) is 0 Å². The van der Waals surface area contributed by atoms with Gasteiger partial charge in [0, 0.05) is 31.7 Å². The Morgan fingerprint density at radius 1 is 1.16 bits per heavy atom. The zero-order valence-corrected chi connectivity index (χ0v) is 15.4. The van der Waals surface area contributed by atoms with Gasteiger partial charge in [0.15, 0.2) is 0 Å². The van der Waals surface area contributed by atoms with Crippen molar-refractivity contribution >= 4 is 11.8 Å². The van der Waals surface area contributed by atoms with Crippen molar-refractivity contribution < 1.29 is 14.3 Å². The Kier molecular flexibility index (Phi) is 4.87. The molecule has 5 heteroatoms. The minimum Gasteiger partial charge on any atom is -0.376 e. The molecule has 2 fully saturated rings. The molecule has 0 bridgehead atoms. The molecule has 1 aromatic carbocycles. The maximum Gasteiger partial charge on any atom is 0.251 e.